The number of carbonyl (C=O) groups excluding carboxylic acids is 2. The predicted molar refractivity (Wildman–Crippen MR) is 77.0 cm³/mol. The van der Waals surface area contributed by atoms with Crippen LogP contribution in [0.25, 0.3) is 6.08 Å². The molecule has 0 bridgehead atoms. The fourth-order valence-electron chi connectivity index (χ4n) is 1.94. The molecule has 0 N–H and O–H groups in total. The Kier molecular flexibility index (Phi) is 4.98. The summed E-state index contributed by atoms with van der Waals surface area (Å²) < 4.78 is 15.1. The van der Waals surface area contributed by atoms with E-state index in [0.29, 0.717) is 11.5 Å². The molecule has 1 aromatic rings. The molecule has 1 aliphatic carbocycles. The van der Waals surface area contributed by atoms with Gasteiger partial charge in [-0.25, -0.2) is 4.79 Å². The van der Waals surface area contributed by atoms with Gasteiger partial charge < -0.3 is 14.2 Å². The SMILES string of the molecule is COC(=O)/C=C\c1ccc(OC(=O)C2CCC2)c(OC)c1. The second kappa shape index (κ2) is 6.92. The summed E-state index contributed by atoms with van der Waals surface area (Å²) in [5.74, 6) is 0.208. The van der Waals surface area contributed by atoms with Crippen molar-refractivity contribution < 1.29 is 23.8 Å². The van der Waals surface area contributed by atoms with Crippen LogP contribution in [-0.2, 0) is 14.3 Å². The average Bonchev–Trinajstić information content (AvgIpc) is 2.43. The van der Waals surface area contributed by atoms with Gasteiger partial charge in [-0.1, -0.05) is 12.5 Å². The van der Waals surface area contributed by atoms with Crippen LogP contribution >= 0.6 is 0 Å². The minimum absolute atomic E-state index is 0.00797. The molecular weight excluding hydrogens is 272 g/mol. The van der Waals surface area contributed by atoms with E-state index < -0.39 is 5.97 Å². The molecule has 0 amide bonds. The van der Waals surface area contributed by atoms with Gasteiger partial charge in [-0.15, -0.1) is 0 Å². The molecule has 1 fully saturated rings. The Balaban J connectivity index is 2.10. The summed E-state index contributed by atoms with van der Waals surface area (Å²) in [6.07, 6.45) is 5.77. The van der Waals surface area contributed by atoms with Crippen LogP contribution in [0, 0.1) is 5.92 Å². The second-order valence-electron chi connectivity index (χ2n) is 4.82. The first kappa shape index (κ1) is 15.1. The summed E-state index contributed by atoms with van der Waals surface area (Å²) >= 11 is 0. The average molecular weight is 290 g/mol. The zero-order valence-corrected chi connectivity index (χ0v) is 12.1. The molecule has 5 heteroatoms. The van der Waals surface area contributed by atoms with Gasteiger partial charge in [0.2, 0.25) is 0 Å². The Labute approximate surface area is 123 Å². The summed E-state index contributed by atoms with van der Waals surface area (Å²) in [5.41, 5.74) is 0.751. The lowest BCUT2D eigenvalue weighted by atomic mass is 9.86. The summed E-state index contributed by atoms with van der Waals surface area (Å²) in [5, 5.41) is 0. The van der Waals surface area contributed by atoms with E-state index in [1.807, 2.05) is 0 Å². The lowest BCUT2D eigenvalue weighted by Gasteiger charge is -2.23. The molecular formula is C16H18O5. The molecule has 0 aliphatic heterocycles. The van der Waals surface area contributed by atoms with Crippen LogP contribution < -0.4 is 9.47 Å². The zero-order valence-electron chi connectivity index (χ0n) is 12.1. The summed E-state index contributed by atoms with van der Waals surface area (Å²) in [6, 6.07) is 5.10. The van der Waals surface area contributed by atoms with Gasteiger partial charge in [0.05, 0.1) is 20.1 Å². The van der Waals surface area contributed by atoms with Crippen molar-refractivity contribution >= 4 is 18.0 Å². The van der Waals surface area contributed by atoms with Gasteiger partial charge in [0.25, 0.3) is 0 Å². The highest BCUT2D eigenvalue weighted by atomic mass is 16.6. The first-order chi connectivity index (χ1) is 10.1. The molecule has 0 aromatic heterocycles. The highest BCUT2D eigenvalue weighted by molar-refractivity contribution is 5.87. The number of hydrogen-bond donors (Lipinski definition) is 0. The molecule has 0 atom stereocenters. The van der Waals surface area contributed by atoms with Crippen molar-refractivity contribution in [1.29, 1.82) is 0 Å². The van der Waals surface area contributed by atoms with Crippen molar-refractivity contribution in [3.8, 4) is 11.5 Å². The highest BCUT2D eigenvalue weighted by Crippen LogP contribution is 2.32. The number of esters is 2. The lowest BCUT2D eigenvalue weighted by Crippen LogP contribution is -2.26. The molecule has 0 saturated heterocycles. The minimum Gasteiger partial charge on any atom is -0.493 e. The van der Waals surface area contributed by atoms with Crippen molar-refractivity contribution in [3.05, 3.63) is 29.8 Å². The molecule has 0 heterocycles. The topological polar surface area (TPSA) is 61.8 Å². The van der Waals surface area contributed by atoms with Crippen molar-refractivity contribution in [1.82, 2.24) is 0 Å². The molecule has 0 spiro atoms. The van der Waals surface area contributed by atoms with E-state index in [1.165, 1.54) is 20.3 Å². The third-order valence-corrected chi connectivity index (χ3v) is 3.45. The number of rotatable bonds is 5. The first-order valence-electron chi connectivity index (χ1n) is 6.80. The van der Waals surface area contributed by atoms with E-state index in [4.69, 9.17) is 9.47 Å². The molecule has 1 aromatic carbocycles. The van der Waals surface area contributed by atoms with Gasteiger partial charge in [0, 0.05) is 6.08 Å². The van der Waals surface area contributed by atoms with Gasteiger partial charge in [0.15, 0.2) is 11.5 Å². The van der Waals surface area contributed by atoms with Gasteiger partial charge in [-0.2, -0.15) is 0 Å². The number of carbonyl (C=O) groups is 2. The monoisotopic (exact) mass is 290 g/mol. The highest BCUT2D eigenvalue weighted by Gasteiger charge is 2.27. The fourth-order valence-corrected chi connectivity index (χ4v) is 1.94. The van der Waals surface area contributed by atoms with Crippen LogP contribution in [0.3, 0.4) is 0 Å². The van der Waals surface area contributed by atoms with Crippen molar-refractivity contribution in [2.24, 2.45) is 5.92 Å². The Morgan fingerprint density at radius 3 is 2.52 bits per heavy atom. The number of ether oxygens (including phenoxy) is 3. The summed E-state index contributed by atoms with van der Waals surface area (Å²) in [4.78, 5) is 22.9. The molecule has 0 radical (unpaired) electrons. The van der Waals surface area contributed by atoms with Crippen LogP contribution in [0.5, 0.6) is 11.5 Å². The van der Waals surface area contributed by atoms with Crippen molar-refractivity contribution in [2.45, 2.75) is 19.3 Å². The van der Waals surface area contributed by atoms with E-state index in [1.54, 1.807) is 24.3 Å². The Morgan fingerprint density at radius 1 is 1.19 bits per heavy atom. The standard InChI is InChI=1S/C16H18O5/c1-19-14-10-11(7-9-15(17)20-2)6-8-13(14)21-16(18)12-4-3-5-12/h6-10,12H,3-5H2,1-2H3/b9-7-. The van der Waals surface area contributed by atoms with Crippen molar-refractivity contribution in [2.75, 3.05) is 14.2 Å². The van der Waals surface area contributed by atoms with Crippen LogP contribution in [0.1, 0.15) is 24.8 Å². The first-order valence-corrected chi connectivity index (χ1v) is 6.80. The van der Waals surface area contributed by atoms with Crippen LogP contribution in [0.15, 0.2) is 24.3 Å². The predicted octanol–water partition coefficient (Wildman–Crippen LogP) is 2.59. The second-order valence-corrected chi connectivity index (χ2v) is 4.82. The minimum atomic E-state index is -0.436. The van der Waals surface area contributed by atoms with Crippen LogP contribution in [0.2, 0.25) is 0 Å². The van der Waals surface area contributed by atoms with Crippen molar-refractivity contribution in [3.63, 3.8) is 0 Å². The van der Waals surface area contributed by atoms with Gasteiger partial charge in [-0.05, 0) is 36.6 Å². The largest absolute Gasteiger partial charge is 0.493 e. The summed E-state index contributed by atoms with van der Waals surface area (Å²) in [6.45, 7) is 0. The van der Waals surface area contributed by atoms with Gasteiger partial charge in [0.1, 0.15) is 0 Å². The van der Waals surface area contributed by atoms with E-state index in [9.17, 15) is 9.59 Å². The van der Waals surface area contributed by atoms with Crippen LogP contribution in [0.4, 0.5) is 0 Å². The zero-order chi connectivity index (χ0) is 15.2. The quantitative estimate of drug-likeness (QED) is 0.474. The maximum Gasteiger partial charge on any atom is 0.330 e. The van der Waals surface area contributed by atoms with E-state index in [0.717, 1.165) is 24.8 Å². The fraction of sp³-hybridized carbons (Fsp3) is 0.375. The van der Waals surface area contributed by atoms with Gasteiger partial charge >= 0.3 is 11.9 Å². The molecule has 1 aliphatic rings. The van der Waals surface area contributed by atoms with E-state index in [-0.39, 0.29) is 11.9 Å². The van der Waals surface area contributed by atoms with Crippen LogP contribution in [-0.4, -0.2) is 26.2 Å². The number of methoxy groups -OCH3 is 2. The smallest absolute Gasteiger partial charge is 0.330 e. The summed E-state index contributed by atoms with van der Waals surface area (Å²) in [7, 11) is 2.82. The third-order valence-electron chi connectivity index (χ3n) is 3.45. The molecule has 2 rings (SSSR count). The number of benzene rings is 1. The lowest BCUT2D eigenvalue weighted by molar-refractivity contribution is -0.141. The van der Waals surface area contributed by atoms with E-state index >= 15 is 0 Å². The maximum atomic E-state index is 11.8. The molecule has 0 unspecified atom stereocenters. The molecule has 5 nitrogen and oxygen atoms in total. The molecule has 1 saturated carbocycles. The third kappa shape index (κ3) is 3.84. The maximum absolute atomic E-state index is 11.8. The Bertz CT molecular complexity index is 558. The van der Waals surface area contributed by atoms with E-state index in [2.05, 4.69) is 4.74 Å². The van der Waals surface area contributed by atoms with Gasteiger partial charge in [-0.3, -0.25) is 4.79 Å². The molecule has 112 valence electrons. The molecule has 21 heavy (non-hydrogen) atoms. The normalized spacial score (nSPS) is 14.6. The Morgan fingerprint density at radius 2 is 1.95 bits per heavy atom. The number of hydrogen-bond acceptors (Lipinski definition) is 5. The Hall–Kier alpha value is -2.30.